The zero-order valence-corrected chi connectivity index (χ0v) is 13.9. The summed E-state index contributed by atoms with van der Waals surface area (Å²) >= 11 is 12.0. The molecule has 3 rings (SSSR count). The number of rotatable bonds is 2. The number of carbonyl (C=O) groups excluding carboxylic acids is 1. The molecule has 2 aromatic carbocycles. The molecule has 23 heavy (non-hydrogen) atoms. The molecule has 0 aromatic heterocycles. The molecule has 1 saturated heterocycles. The van der Waals surface area contributed by atoms with Gasteiger partial charge in [-0.05, 0) is 47.5 Å². The van der Waals surface area contributed by atoms with Crippen molar-refractivity contribution in [1.29, 1.82) is 0 Å². The number of halogens is 2. The third-order valence-electron chi connectivity index (χ3n) is 3.59. The smallest absolute Gasteiger partial charge is 0.187 e. The Hall–Kier alpha value is -1.87. The van der Waals surface area contributed by atoms with Gasteiger partial charge in [0.25, 0.3) is 0 Å². The lowest BCUT2D eigenvalue weighted by atomic mass is 9.95. The molecular formula is C19H15Cl2NO. The van der Waals surface area contributed by atoms with E-state index < -0.39 is 0 Å². The molecule has 116 valence electrons. The van der Waals surface area contributed by atoms with Gasteiger partial charge in [-0.15, -0.1) is 0 Å². The second-order valence-corrected chi connectivity index (χ2v) is 6.25. The third kappa shape index (κ3) is 4.11. The van der Waals surface area contributed by atoms with Gasteiger partial charge in [0.05, 0.1) is 0 Å². The fourth-order valence-electron chi connectivity index (χ4n) is 2.53. The summed E-state index contributed by atoms with van der Waals surface area (Å²) in [5.74, 6) is 0.0590. The van der Waals surface area contributed by atoms with E-state index in [4.69, 9.17) is 23.2 Å². The third-order valence-corrected chi connectivity index (χ3v) is 4.06. The highest BCUT2D eigenvalue weighted by atomic mass is 35.5. The van der Waals surface area contributed by atoms with Crippen molar-refractivity contribution in [2.24, 2.45) is 0 Å². The first-order valence-corrected chi connectivity index (χ1v) is 8.05. The summed E-state index contributed by atoms with van der Waals surface area (Å²) in [6.45, 7) is 1.11. The van der Waals surface area contributed by atoms with E-state index in [1.54, 1.807) is 0 Å². The van der Waals surface area contributed by atoms with Crippen LogP contribution in [0.25, 0.3) is 12.2 Å². The van der Waals surface area contributed by atoms with E-state index in [-0.39, 0.29) is 5.78 Å². The van der Waals surface area contributed by atoms with Crippen LogP contribution < -0.4 is 5.32 Å². The van der Waals surface area contributed by atoms with Gasteiger partial charge in [-0.2, -0.15) is 0 Å². The Morgan fingerprint density at radius 3 is 1.74 bits per heavy atom. The van der Waals surface area contributed by atoms with Gasteiger partial charge in [-0.25, -0.2) is 0 Å². The van der Waals surface area contributed by atoms with Gasteiger partial charge < -0.3 is 5.32 Å². The Morgan fingerprint density at radius 1 is 0.826 bits per heavy atom. The quantitative estimate of drug-likeness (QED) is 0.805. The molecule has 4 heteroatoms. The predicted molar refractivity (Wildman–Crippen MR) is 96.7 cm³/mol. The fraction of sp³-hybridized carbons (Fsp3) is 0.105. The van der Waals surface area contributed by atoms with Crippen LogP contribution in [0.2, 0.25) is 10.0 Å². The van der Waals surface area contributed by atoms with Crippen LogP contribution >= 0.6 is 23.2 Å². The number of nitrogens with one attached hydrogen (secondary N) is 1. The molecule has 1 N–H and O–H groups in total. The van der Waals surface area contributed by atoms with Crippen molar-refractivity contribution in [3.8, 4) is 0 Å². The number of ketones is 1. The maximum Gasteiger partial charge on any atom is 0.187 e. The Bertz CT molecular complexity index is 743. The summed E-state index contributed by atoms with van der Waals surface area (Å²) in [6, 6.07) is 14.9. The fourth-order valence-corrected chi connectivity index (χ4v) is 2.92. The second kappa shape index (κ2) is 7.14. The van der Waals surface area contributed by atoms with Gasteiger partial charge in [0.15, 0.2) is 5.78 Å². The highest BCUT2D eigenvalue weighted by Crippen LogP contribution is 2.20. The van der Waals surface area contributed by atoms with Crippen molar-refractivity contribution < 1.29 is 4.79 Å². The SMILES string of the molecule is O=C1/C(=C\c2cccc(Cl)c2)CNC/C1=C\c1cccc(Cl)c1. The van der Waals surface area contributed by atoms with Gasteiger partial charge in [0.1, 0.15) is 0 Å². The first-order valence-electron chi connectivity index (χ1n) is 7.29. The molecule has 0 amide bonds. The molecule has 0 spiro atoms. The van der Waals surface area contributed by atoms with E-state index in [1.807, 2.05) is 60.7 Å². The van der Waals surface area contributed by atoms with E-state index in [2.05, 4.69) is 5.32 Å². The zero-order valence-electron chi connectivity index (χ0n) is 12.4. The number of piperidine rings is 1. The summed E-state index contributed by atoms with van der Waals surface area (Å²) in [7, 11) is 0. The van der Waals surface area contributed by atoms with E-state index >= 15 is 0 Å². The molecule has 2 nitrogen and oxygen atoms in total. The van der Waals surface area contributed by atoms with Crippen LogP contribution in [0.3, 0.4) is 0 Å². The second-order valence-electron chi connectivity index (χ2n) is 5.38. The van der Waals surface area contributed by atoms with Crippen LogP contribution in [0, 0.1) is 0 Å². The maximum atomic E-state index is 12.7. The minimum absolute atomic E-state index is 0.0590. The van der Waals surface area contributed by atoms with Crippen molar-refractivity contribution in [1.82, 2.24) is 5.32 Å². The molecule has 1 heterocycles. The summed E-state index contributed by atoms with van der Waals surface area (Å²) < 4.78 is 0. The van der Waals surface area contributed by atoms with E-state index in [9.17, 15) is 4.79 Å². The molecule has 2 aromatic rings. The molecule has 1 aliphatic heterocycles. The first-order chi connectivity index (χ1) is 11.1. The summed E-state index contributed by atoms with van der Waals surface area (Å²) in [6.07, 6.45) is 3.76. The molecule has 0 saturated carbocycles. The van der Waals surface area contributed by atoms with Crippen LogP contribution in [-0.2, 0) is 4.79 Å². The van der Waals surface area contributed by atoms with Crippen molar-refractivity contribution in [2.45, 2.75) is 0 Å². The van der Waals surface area contributed by atoms with Crippen molar-refractivity contribution >= 4 is 41.1 Å². The lowest BCUT2D eigenvalue weighted by Crippen LogP contribution is -2.32. The van der Waals surface area contributed by atoms with Gasteiger partial charge in [-0.1, -0.05) is 47.5 Å². The lowest BCUT2D eigenvalue weighted by molar-refractivity contribution is -0.112. The van der Waals surface area contributed by atoms with E-state index in [1.165, 1.54) is 0 Å². The minimum Gasteiger partial charge on any atom is -0.308 e. The molecule has 0 aliphatic carbocycles. The Labute approximate surface area is 145 Å². The van der Waals surface area contributed by atoms with Gasteiger partial charge >= 0.3 is 0 Å². The Morgan fingerprint density at radius 2 is 1.30 bits per heavy atom. The first kappa shape index (κ1) is 16.0. The molecule has 0 bridgehead atoms. The van der Waals surface area contributed by atoms with Crippen LogP contribution in [0.4, 0.5) is 0 Å². The number of carbonyl (C=O) groups is 1. The van der Waals surface area contributed by atoms with Crippen molar-refractivity contribution in [2.75, 3.05) is 13.1 Å². The molecule has 0 radical (unpaired) electrons. The summed E-state index contributed by atoms with van der Waals surface area (Å²) in [5, 5.41) is 4.58. The molecule has 1 fully saturated rings. The molecular weight excluding hydrogens is 329 g/mol. The zero-order chi connectivity index (χ0) is 16.2. The van der Waals surface area contributed by atoms with E-state index in [0.717, 1.165) is 22.3 Å². The Kier molecular flexibility index (Phi) is 4.97. The van der Waals surface area contributed by atoms with Crippen LogP contribution in [-0.4, -0.2) is 18.9 Å². The van der Waals surface area contributed by atoms with Gasteiger partial charge in [0.2, 0.25) is 0 Å². The number of hydrogen-bond donors (Lipinski definition) is 1. The highest BCUT2D eigenvalue weighted by molar-refractivity contribution is 6.31. The molecule has 1 aliphatic rings. The minimum atomic E-state index is 0.0590. The normalized spacial score (nSPS) is 18.6. The standard InChI is InChI=1S/C19H15Cl2NO/c20-17-5-1-3-13(9-17)7-15-11-22-12-16(19(15)23)8-14-4-2-6-18(21)10-14/h1-10,22H,11-12H2/b15-7-,16-8+. The molecule has 0 atom stereocenters. The molecule has 0 unspecified atom stereocenters. The number of benzene rings is 2. The van der Waals surface area contributed by atoms with Gasteiger partial charge in [0, 0.05) is 34.3 Å². The highest BCUT2D eigenvalue weighted by Gasteiger charge is 2.20. The van der Waals surface area contributed by atoms with Crippen LogP contribution in [0.5, 0.6) is 0 Å². The lowest BCUT2D eigenvalue weighted by Gasteiger charge is -2.18. The van der Waals surface area contributed by atoms with Crippen LogP contribution in [0.1, 0.15) is 11.1 Å². The Balaban J connectivity index is 1.89. The maximum absolute atomic E-state index is 12.7. The summed E-state index contributed by atoms with van der Waals surface area (Å²) in [5.41, 5.74) is 3.30. The van der Waals surface area contributed by atoms with Crippen molar-refractivity contribution in [3.63, 3.8) is 0 Å². The summed E-state index contributed by atoms with van der Waals surface area (Å²) in [4.78, 5) is 12.7. The number of hydrogen-bond acceptors (Lipinski definition) is 2. The average Bonchev–Trinajstić information content (AvgIpc) is 2.51. The van der Waals surface area contributed by atoms with Crippen LogP contribution in [0.15, 0.2) is 59.7 Å². The topological polar surface area (TPSA) is 29.1 Å². The monoisotopic (exact) mass is 343 g/mol. The predicted octanol–water partition coefficient (Wildman–Crippen LogP) is 4.63. The average molecular weight is 344 g/mol. The van der Waals surface area contributed by atoms with Crippen molar-refractivity contribution in [3.05, 3.63) is 80.8 Å². The van der Waals surface area contributed by atoms with Gasteiger partial charge in [-0.3, -0.25) is 4.79 Å². The van der Waals surface area contributed by atoms with E-state index in [0.29, 0.717) is 23.1 Å². The largest absolute Gasteiger partial charge is 0.308 e. The number of Topliss-reactive ketones (excluding diaryl/α,β-unsaturated/α-hetero) is 1.